The number of hydrogen-bond acceptors (Lipinski definition) is 2. The van der Waals surface area contributed by atoms with Gasteiger partial charge in [-0.05, 0) is 97.5 Å². The number of aromatic nitrogens is 2. The van der Waals surface area contributed by atoms with Crippen molar-refractivity contribution in [3.05, 3.63) is 118 Å². The summed E-state index contributed by atoms with van der Waals surface area (Å²) in [7, 11) is 0. The third-order valence-electron chi connectivity index (χ3n) is 11.2. The fourth-order valence-electron chi connectivity index (χ4n) is 8.62. The first-order chi connectivity index (χ1) is 26.4. The summed E-state index contributed by atoms with van der Waals surface area (Å²) in [6.45, 7) is 9.05. The number of benzene rings is 4. The molecule has 0 bridgehead atoms. The van der Waals surface area contributed by atoms with Crippen molar-refractivity contribution in [3.63, 3.8) is 0 Å². The number of hydrogen-bond donors (Lipinski definition) is 0. The third-order valence-corrected chi connectivity index (χ3v) is 13.9. The number of aryl methyl sites for hydroxylation is 4. The molecule has 0 fully saturated rings. The maximum Gasteiger partial charge on any atom is 0.380 e. The smallest absolute Gasteiger partial charge is 0.341 e. The minimum Gasteiger partial charge on any atom is -0.341 e. The molecule has 8 aromatic rings. The average Bonchev–Trinajstić information content (AvgIpc) is 3.97. The van der Waals surface area contributed by atoms with E-state index in [2.05, 4.69) is 23.0 Å². The molecule has 9 rings (SSSR count). The molecule has 1 aliphatic rings. The number of thiophene rings is 2. The molecule has 0 atom stereocenters. The minimum atomic E-state index is -5.65. The van der Waals surface area contributed by atoms with E-state index in [-0.39, 0.29) is 24.0 Å². The van der Waals surface area contributed by atoms with Gasteiger partial charge in [0.2, 0.25) is 0 Å². The van der Waals surface area contributed by atoms with Crippen LogP contribution in [-0.4, -0.2) is 26.9 Å². The van der Waals surface area contributed by atoms with Crippen molar-refractivity contribution in [2.45, 2.75) is 71.4 Å². The summed E-state index contributed by atoms with van der Waals surface area (Å²) in [6, 6.07) is 30.4. The molecule has 0 aliphatic heterocycles. The SMILES string of the molecule is CCc1sc(-c2ccc3c(c2)c2ccccc2n3CC)cc1C1=C(c2cc(-c3ccc4c(c3)c3ccccc3n4CC)sc2CC)C(F)(F)C(F)(F)C1(F)F. The van der Waals surface area contributed by atoms with E-state index in [1.165, 1.54) is 34.8 Å². The van der Waals surface area contributed by atoms with Gasteiger partial charge in [-0.2, -0.15) is 26.3 Å². The molecule has 10 heteroatoms. The van der Waals surface area contributed by atoms with Gasteiger partial charge in [0.25, 0.3) is 0 Å². The number of allylic oxidation sites excluding steroid dienone is 2. The van der Waals surface area contributed by atoms with Gasteiger partial charge in [-0.15, -0.1) is 22.7 Å². The first-order valence-corrected chi connectivity index (χ1v) is 20.2. The van der Waals surface area contributed by atoms with Crippen molar-refractivity contribution >= 4 is 77.4 Å². The van der Waals surface area contributed by atoms with Crippen LogP contribution in [0, 0.1) is 0 Å². The molecule has 55 heavy (non-hydrogen) atoms. The summed E-state index contributed by atoms with van der Waals surface area (Å²) in [5.74, 6) is -15.9. The maximum atomic E-state index is 16.3. The first kappa shape index (κ1) is 35.9. The molecule has 2 nitrogen and oxygen atoms in total. The van der Waals surface area contributed by atoms with Gasteiger partial charge in [0.05, 0.1) is 0 Å². The molecule has 4 aromatic carbocycles. The van der Waals surface area contributed by atoms with Crippen LogP contribution in [-0.2, 0) is 25.9 Å². The van der Waals surface area contributed by atoms with Crippen LogP contribution in [0.25, 0.3) is 75.6 Å². The van der Waals surface area contributed by atoms with Gasteiger partial charge in [0.15, 0.2) is 0 Å². The van der Waals surface area contributed by atoms with Crippen molar-refractivity contribution in [3.8, 4) is 20.9 Å². The van der Waals surface area contributed by atoms with Gasteiger partial charge in [0, 0.05) is 87.4 Å². The maximum absolute atomic E-state index is 16.3. The number of rotatable bonds is 8. The van der Waals surface area contributed by atoms with Crippen molar-refractivity contribution in [1.29, 1.82) is 0 Å². The molecular weight excluding hydrogens is 747 g/mol. The van der Waals surface area contributed by atoms with Crippen LogP contribution >= 0.6 is 22.7 Å². The quantitative estimate of drug-likeness (QED) is 0.136. The number of para-hydroxylation sites is 2. The lowest BCUT2D eigenvalue weighted by Gasteiger charge is -2.25. The Morgan fingerprint density at radius 3 is 1.24 bits per heavy atom. The Labute approximate surface area is 321 Å². The van der Waals surface area contributed by atoms with Crippen molar-refractivity contribution in [1.82, 2.24) is 9.13 Å². The molecule has 0 amide bonds. The lowest BCUT2D eigenvalue weighted by Crippen LogP contribution is -2.48. The normalized spacial score (nSPS) is 16.5. The molecule has 0 saturated heterocycles. The van der Waals surface area contributed by atoms with E-state index in [9.17, 15) is 0 Å². The highest BCUT2D eigenvalue weighted by Gasteiger charge is 2.80. The topological polar surface area (TPSA) is 9.86 Å². The van der Waals surface area contributed by atoms with E-state index in [4.69, 9.17) is 0 Å². The fraction of sp³-hybridized carbons (Fsp3) is 0.244. The van der Waals surface area contributed by atoms with Crippen LogP contribution in [0.1, 0.15) is 48.6 Å². The second-order valence-corrected chi connectivity index (χ2v) is 16.3. The molecule has 4 aromatic heterocycles. The number of halogens is 6. The predicted octanol–water partition coefficient (Wildman–Crippen LogP) is 14.4. The molecular formula is C45H36F6N2S2. The summed E-state index contributed by atoms with van der Waals surface area (Å²) in [4.78, 5) is 1.78. The highest BCUT2D eigenvalue weighted by Crippen LogP contribution is 2.66. The molecule has 4 heterocycles. The first-order valence-electron chi connectivity index (χ1n) is 18.5. The van der Waals surface area contributed by atoms with Gasteiger partial charge >= 0.3 is 17.8 Å². The Balaban J connectivity index is 1.24. The number of nitrogens with zero attached hydrogens (tertiary/aromatic N) is 2. The molecule has 0 spiro atoms. The summed E-state index contributed by atoms with van der Waals surface area (Å²) in [5, 5.41) is 3.97. The van der Waals surface area contributed by atoms with E-state index in [1.807, 2.05) is 84.9 Å². The Kier molecular flexibility index (Phi) is 8.23. The highest BCUT2D eigenvalue weighted by atomic mass is 32.1. The molecule has 0 unspecified atom stereocenters. The zero-order chi connectivity index (χ0) is 38.6. The average molecular weight is 783 g/mol. The summed E-state index contributed by atoms with van der Waals surface area (Å²) in [6.07, 6.45) is 0.393. The zero-order valence-electron chi connectivity index (χ0n) is 30.5. The predicted molar refractivity (Wildman–Crippen MR) is 217 cm³/mol. The fourth-order valence-corrected chi connectivity index (χ4v) is 10.8. The monoisotopic (exact) mass is 782 g/mol. The third kappa shape index (κ3) is 4.92. The lowest BCUT2D eigenvalue weighted by molar-refractivity contribution is -0.254. The zero-order valence-corrected chi connectivity index (χ0v) is 32.2. The second kappa shape index (κ2) is 12.6. The Bertz CT molecular complexity index is 2670. The Morgan fingerprint density at radius 2 is 0.855 bits per heavy atom. The largest absolute Gasteiger partial charge is 0.380 e. The van der Waals surface area contributed by atoms with Gasteiger partial charge < -0.3 is 9.13 Å². The molecule has 1 aliphatic carbocycles. The van der Waals surface area contributed by atoms with Crippen LogP contribution in [0.2, 0.25) is 0 Å². The number of alkyl halides is 6. The standard InChI is InChI=1S/C45H36F6N2S2/c1-5-37-31(23-39(54-37)25-17-19-35-29(21-25)27-13-9-11-15-33(27)52(35)7-3)41-42(44(48,49)45(50,51)43(41,46)47)32-24-40(55-38(32)6-2)26-18-20-36-30(22-26)28-14-10-12-16-34(28)53(36)8-4/h9-24H,5-8H2,1-4H3. The van der Waals surface area contributed by atoms with E-state index in [0.29, 0.717) is 30.6 Å². The summed E-state index contributed by atoms with van der Waals surface area (Å²) in [5.41, 5.74) is 2.44. The van der Waals surface area contributed by atoms with Crippen LogP contribution in [0.4, 0.5) is 26.3 Å². The van der Waals surface area contributed by atoms with Crippen LogP contribution in [0.15, 0.2) is 97.1 Å². The van der Waals surface area contributed by atoms with E-state index >= 15 is 26.3 Å². The Morgan fingerprint density at radius 1 is 0.473 bits per heavy atom. The van der Waals surface area contributed by atoms with Crippen LogP contribution in [0.3, 0.4) is 0 Å². The summed E-state index contributed by atoms with van der Waals surface area (Å²) >= 11 is 2.36. The van der Waals surface area contributed by atoms with Crippen LogP contribution < -0.4 is 0 Å². The molecule has 0 saturated carbocycles. The van der Waals surface area contributed by atoms with Crippen molar-refractivity contribution in [2.24, 2.45) is 0 Å². The van der Waals surface area contributed by atoms with Gasteiger partial charge in [-0.3, -0.25) is 0 Å². The molecule has 0 radical (unpaired) electrons. The van der Waals surface area contributed by atoms with Gasteiger partial charge in [-0.25, -0.2) is 0 Å². The van der Waals surface area contributed by atoms with Crippen molar-refractivity contribution < 1.29 is 26.3 Å². The second-order valence-electron chi connectivity index (χ2n) is 14.1. The van der Waals surface area contributed by atoms with E-state index in [0.717, 1.165) is 56.7 Å². The van der Waals surface area contributed by atoms with Crippen molar-refractivity contribution in [2.75, 3.05) is 0 Å². The summed E-state index contributed by atoms with van der Waals surface area (Å²) < 4.78 is 101. The van der Waals surface area contributed by atoms with Gasteiger partial charge in [0.1, 0.15) is 0 Å². The minimum absolute atomic E-state index is 0.197. The van der Waals surface area contributed by atoms with Gasteiger partial charge in [-0.1, -0.05) is 62.4 Å². The van der Waals surface area contributed by atoms with E-state index in [1.54, 1.807) is 13.8 Å². The lowest BCUT2D eigenvalue weighted by atomic mass is 9.93. The Hall–Kier alpha value is -4.80. The molecule has 0 N–H and O–H groups in total. The number of fused-ring (bicyclic) bond motifs is 6. The highest BCUT2D eigenvalue weighted by molar-refractivity contribution is 7.16. The van der Waals surface area contributed by atoms with Crippen LogP contribution in [0.5, 0.6) is 0 Å². The van der Waals surface area contributed by atoms with E-state index < -0.39 is 28.9 Å². The molecule has 280 valence electrons.